The van der Waals surface area contributed by atoms with Gasteiger partial charge in [0.1, 0.15) is 0 Å². The number of aryl methyl sites for hydroxylation is 2. The number of halogens is 1. The maximum absolute atomic E-state index is 9.15. The lowest BCUT2D eigenvalue weighted by Gasteiger charge is -2.23. The summed E-state index contributed by atoms with van der Waals surface area (Å²) in [5, 5.41) is 13.7. The maximum atomic E-state index is 9.15. The Morgan fingerprint density at radius 2 is 2.12 bits per heavy atom. The SMILES string of the molecule is CCc1nn(CC)c(CN(C)C(C)CO)c1Br. The normalized spacial score (nSPS) is 13.4. The van der Waals surface area contributed by atoms with Crippen molar-refractivity contribution in [3.63, 3.8) is 0 Å². The molecule has 98 valence electrons. The lowest BCUT2D eigenvalue weighted by molar-refractivity contribution is 0.151. The quantitative estimate of drug-likeness (QED) is 0.874. The molecule has 1 atom stereocenters. The van der Waals surface area contributed by atoms with Crippen LogP contribution in [0, 0.1) is 0 Å². The van der Waals surface area contributed by atoms with Crippen molar-refractivity contribution >= 4 is 15.9 Å². The van der Waals surface area contributed by atoms with Crippen LogP contribution in [-0.2, 0) is 19.5 Å². The molecule has 0 aliphatic rings. The largest absolute Gasteiger partial charge is 0.395 e. The Hall–Kier alpha value is -0.390. The first-order chi connectivity index (χ1) is 8.04. The zero-order chi connectivity index (χ0) is 13.0. The Morgan fingerprint density at radius 1 is 1.47 bits per heavy atom. The third-order valence-corrected chi connectivity index (χ3v) is 4.03. The highest BCUT2D eigenvalue weighted by Gasteiger charge is 2.17. The molecule has 0 saturated carbocycles. The van der Waals surface area contributed by atoms with Crippen LogP contribution in [0.2, 0.25) is 0 Å². The molecule has 0 radical (unpaired) electrons. The van der Waals surface area contributed by atoms with E-state index >= 15 is 0 Å². The van der Waals surface area contributed by atoms with Crippen LogP contribution in [0.15, 0.2) is 4.47 Å². The van der Waals surface area contributed by atoms with Crippen LogP contribution in [0.25, 0.3) is 0 Å². The van der Waals surface area contributed by atoms with Crippen molar-refractivity contribution in [3.05, 3.63) is 15.9 Å². The number of aliphatic hydroxyl groups is 1. The molecule has 0 aromatic carbocycles. The van der Waals surface area contributed by atoms with Crippen molar-refractivity contribution in [3.8, 4) is 0 Å². The number of likely N-dealkylation sites (N-methyl/N-ethyl adjacent to an activating group) is 1. The molecule has 1 aromatic rings. The van der Waals surface area contributed by atoms with E-state index in [1.807, 2.05) is 18.7 Å². The second-order valence-corrected chi connectivity index (χ2v) is 5.12. The topological polar surface area (TPSA) is 41.3 Å². The molecule has 0 aliphatic carbocycles. The minimum absolute atomic E-state index is 0.159. The van der Waals surface area contributed by atoms with Gasteiger partial charge in [-0.25, -0.2) is 0 Å². The molecule has 1 aromatic heterocycles. The standard InChI is InChI=1S/C12H22BrN3O/c1-5-10-12(13)11(16(6-2)14-10)7-15(4)9(3)8-17/h9,17H,5-8H2,1-4H3. The maximum Gasteiger partial charge on any atom is 0.0767 e. The van der Waals surface area contributed by atoms with Crippen molar-refractivity contribution in [1.82, 2.24) is 14.7 Å². The van der Waals surface area contributed by atoms with Gasteiger partial charge in [0.05, 0.1) is 22.5 Å². The van der Waals surface area contributed by atoms with Crippen molar-refractivity contribution in [2.75, 3.05) is 13.7 Å². The third kappa shape index (κ3) is 3.30. The minimum Gasteiger partial charge on any atom is -0.395 e. The van der Waals surface area contributed by atoms with Crippen molar-refractivity contribution in [1.29, 1.82) is 0 Å². The summed E-state index contributed by atoms with van der Waals surface area (Å²) in [5.41, 5.74) is 2.29. The van der Waals surface area contributed by atoms with E-state index in [9.17, 15) is 0 Å². The smallest absolute Gasteiger partial charge is 0.0767 e. The fourth-order valence-corrected chi connectivity index (χ4v) is 2.39. The van der Waals surface area contributed by atoms with Gasteiger partial charge in [-0.3, -0.25) is 9.58 Å². The second kappa shape index (κ2) is 6.52. The summed E-state index contributed by atoms with van der Waals surface area (Å²) in [5.74, 6) is 0. The van der Waals surface area contributed by atoms with Gasteiger partial charge >= 0.3 is 0 Å². The molecule has 17 heavy (non-hydrogen) atoms. The summed E-state index contributed by atoms with van der Waals surface area (Å²) in [6.07, 6.45) is 0.930. The average Bonchev–Trinajstić information content (AvgIpc) is 2.65. The highest BCUT2D eigenvalue weighted by Crippen LogP contribution is 2.23. The van der Waals surface area contributed by atoms with Crippen LogP contribution in [0.3, 0.4) is 0 Å². The van der Waals surface area contributed by atoms with Crippen LogP contribution in [0.1, 0.15) is 32.2 Å². The van der Waals surface area contributed by atoms with Gasteiger partial charge in [-0.15, -0.1) is 0 Å². The zero-order valence-electron chi connectivity index (χ0n) is 11.1. The highest BCUT2D eigenvalue weighted by atomic mass is 79.9. The van der Waals surface area contributed by atoms with E-state index in [0.29, 0.717) is 0 Å². The van der Waals surface area contributed by atoms with E-state index in [1.165, 1.54) is 5.69 Å². The van der Waals surface area contributed by atoms with Crippen molar-refractivity contribution < 1.29 is 5.11 Å². The summed E-state index contributed by atoms with van der Waals surface area (Å²) in [7, 11) is 2.02. The van der Waals surface area contributed by atoms with Gasteiger partial charge in [0.2, 0.25) is 0 Å². The lowest BCUT2D eigenvalue weighted by Crippen LogP contribution is -2.32. The first-order valence-corrected chi connectivity index (χ1v) is 6.89. The number of rotatable bonds is 6. The van der Waals surface area contributed by atoms with Crippen LogP contribution < -0.4 is 0 Å². The van der Waals surface area contributed by atoms with E-state index in [4.69, 9.17) is 5.11 Å². The second-order valence-electron chi connectivity index (χ2n) is 4.32. The highest BCUT2D eigenvalue weighted by molar-refractivity contribution is 9.10. The predicted molar refractivity (Wildman–Crippen MR) is 73.0 cm³/mol. The summed E-state index contributed by atoms with van der Waals surface area (Å²) in [6, 6.07) is 0.159. The molecule has 0 fully saturated rings. The van der Waals surface area contributed by atoms with Gasteiger partial charge in [-0.1, -0.05) is 6.92 Å². The first-order valence-electron chi connectivity index (χ1n) is 6.10. The third-order valence-electron chi connectivity index (χ3n) is 3.11. The zero-order valence-corrected chi connectivity index (χ0v) is 12.7. The first kappa shape index (κ1) is 14.7. The molecule has 1 heterocycles. The number of nitrogens with zero attached hydrogens (tertiary/aromatic N) is 3. The molecular formula is C12H22BrN3O. The van der Waals surface area contributed by atoms with Gasteiger partial charge in [0, 0.05) is 19.1 Å². The molecule has 0 bridgehead atoms. The Morgan fingerprint density at radius 3 is 2.59 bits per heavy atom. The van der Waals surface area contributed by atoms with Crippen molar-refractivity contribution in [2.24, 2.45) is 0 Å². The summed E-state index contributed by atoms with van der Waals surface area (Å²) >= 11 is 3.63. The van der Waals surface area contributed by atoms with Crippen LogP contribution >= 0.6 is 15.9 Å². The Kier molecular flexibility index (Phi) is 5.62. The number of hydrogen-bond donors (Lipinski definition) is 1. The van der Waals surface area contributed by atoms with Gasteiger partial charge in [-0.2, -0.15) is 5.10 Å². The van der Waals surface area contributed by atoms with Gasteiger partial charge in [0.15, 0.2) is 0 Å². The van der Waals surface area contributed by atoms with E-state index in [2.05, 4.69) is 39.8 Å². The fourth-order valence-electron chi connectivity index (χ4n) is 1.70. The van der Waals surface area contributed by atoms with Gasteiger partial charge in [0.25, 0.3) is 0 Å². The molecule has 0 aliphatic heterocycles. The molecule has 0 saturated heterocycles. The lowest BCUT2D eigenvalue weighted by atomic mass is 10.2. The van der Waals surface area contributed by atoms with Crippen LogP contribution in [-0.4, -0.2) is 39.5 Å². The average molecular weight is 304 g/mol. The molecule has 1 unspecified atom stereocenters. The molecule has 0 amide bonds. The minimum atomic E-state index is 0.159. The predicted octanol–water partition coefficient (Wildman–Crippen LogP) is 2.04. The number of aliphatic hydroxyl groups excluding tert-OH is 1. The van der Waals surface area contributed by atoms with Gasteiger partial charge < -0.3 is 5.11 Å². The van der Waals surface area contributed by atoms with E-state index in [1.54, 1.807) is 0 Å². The monoisotopic (exact) mass is 303 g/mol. The Bertz CT molecular complexity index is 365. The molecule has 1 rings (SSSR count). The Balaban J connectivity index is 2.92. The summed E-state index contributed by atoms with van der Waals surface area (Å²) in [4.78, 5) is 2.13. The summed E-state index contributed by atoms with van der Waals surface area (Å²) < 4.78 is 3.14. The fraction of sp³-hybridized carbons (Fsp3) is 0.750. The molecule has 4 nitrogen and oxygen atoms in total. The van der Waals surface area contributed by atoms with Gasteiger partial charge in [-0.05, 0) is 43.2 Å². The number of aromatic nitrogens is 2. The molecule has 0 spiro atoms. The van der Waals surface area contributed by atoms with Crippen LogP contribution in [0.5, 0.6) is 0 Å². The number of hydrogen-bond acceptors (Lipinski definition) is 3. The van der Waals surface area contributed by atoms with E-state index in [0.717, 1.165) is 29.7 Å². The van der Waals surface area contributed by atoms with E-state index in [-0.39, 0.29) is 12.6 Å². The van der Waals surface area contributed by atoms with E-state index < -0.39 is 0 Å². The molecule has 5 heteroatoms. The van der Waals surface area contributed by atoms with Crippen LogP contribution in [0.4, 0.5) is 0 Å². The molecule has 1 N–H and O–H groups in total. The summed E-state index contributed by atoms with van der Waals surface area (Å²) in [6.45, 7) is 8.06. The molecular weight excluding hydrogens is 282 g/mol. The Labute approximate surface area is 112 Å². The van der Waals surface area contributed by atoms with Crippen molar-refractivity contribution in [2.45, 2.75) is 46.3 Å².